The molecule has 0 radical (unpaired) electrons. The van der Waals surface area contributed by atoms with Gasteiger partial charge in [-0.3, -0.25) is 19.6 Å². The number of carbonyl (C=O) groups is 2. The summed E-state index contributed by atoms with van der Waals surface area (Å²) in [7, 11) is 1.65. The van der Waals surface area contributed by atoms with Crippen molar-refractivity contribution in [1.29, 1.82) is 5.26 Å². The maximum absolute atomic E-state index is 13.0. The number of amides is 2. The molecule has 0 atom stereocenters. The van der Waals surface area contributed by atoms with E-state index in [1.807, 2.05) is 12.1 Å². The number of anilines is 1. The third-order valence-electron chi connectivity index (χ3n) is 5.28. The van der Waals surface area contributed by atoms with Gasteiger partial charge in [0.1, 0.15) is 5.69 Å². The van der Waals surface area contributed by atoms with E-state index in [1.165, 1.54) is 11.1 Å². The SMILES string of the molecule is CN(C(=O)c1ccc(C(=O)N2CCOCC2)nc1)c1ccc(C#N)c(-c2ccccn2)c1. The Hall–Kier alpha value is -4.09. The van der Waals surface area contributed by atoms with Crippen LogP contribution in [0.3, 0.4) is 0 Å². The predicted molar refractivity (Wildman–Crippen MR) is 118 cm³/mol. The fourth-order valence-electron chi connectivity index (χ4n) is 3.46. The molecule has 1 aliphatic heterocycles. The van der Waals surface area contributed by atoms with Gasteiger partial charge in [0.05, 0.1) is 36.1 Å². The second-order valence-corrected chi connectivity index (χ2v) is 7.26. The van der Waals surface area contributed by atoms with Crippen molar-refractivity contribution in [3.05, 3.63) is 77.7 Å². The van der Waals surface area contributed by atoms with Gasteiger partial charge in [0.15, 0.2) is 0 Å². The fourth-order valence-corrected chi connectivity index (χ4v) is 3.46. The lowest BCUT2D eigenvalue weighted by molar-refractivity contribution is 0.0299. The minimum atomic E-state index is -0.278. The third kappa shape index (κ3) is 4.33. The smallest absolute Gasteiger partial charge is 0.272 e. The van der Waals surface area contributed by atoms with Crippen molar-refractivity contribution in [1.82, 2.24) is 14.9 Å². The molecule has 1 aliphatic rings. The number of hydrogen-bond donors (Lipinski definition) is 0. The topological polar surface area (TPSA) is 99.4 Å². The van der Waals surface area contributed by atoms with Gasteiger partial charge in [-0.25, -0.2) is 0 Å². The highest BCUT2D eigenvalue weighted by Gasteiger charge is 2.21. The van der Waals surface area contributed by atoms with Crippen molar-refractivity contribution in [2.24, 2.45) is 0 Å². The Balaban J connectivity index is 1.55. The summed E-state index contributed by atoms with van der Waals surface area (Å²) >= 11 is 0. The number of nitrogens with zero attached hydrogens (tertiary/aromatic N) is 5. The van der Waals surface area contributed by atoms with Crippen LogP contribution in [-0.2, 0) is 4.74 Å². The molecule has 0 N–H and O–H groups in total. The largest absolute Gasteiger partial charge is 0.378 e. The van der Waals surface area contributed by atoms with Crippen LogP contribution in [0, 0.1) is 11.3 Å². The van der Waals surface area contributed by atoms with Crippen molar-refractivity contribution < 1.29 is 14.3 Å². The van der Waals surface area contributed by atoms with Crippen LogP contribution in [0.1, 0.15) is 26.4 Å². The van der Waals surface area contributed by atoms with Gasteiger partial charge >= 0.3 is 0 Å². The molecule has 2 aromatic heterocycles. The third-order valence-corrected chi connectivity index (χ3v) is 5.28. The average molecular weight is 427 g/mol. The van der Waals surface area contributed by atoms with Crippen LogP contribution in [0.4, 0.5) is 5.69 Å². The van der Waals surface area contributed by atoms with Crippen LogP contribution in [0.5, 0.6) is 0 Å². The molecule has 0 bridgehead atoms. The van der Waals surface area contributed by atoms with Gasteiger partial charge in [0.25, 0.3) is 11.8 Å². The molecule has 160 valence electrons. The number of morpholine rings is 1. The number of pyridine rings is 2. The Morgan fingerprint density at radius 3 is 2.56 bits per heavy atom. The monoisotopic (exact) mass is 427 g/mol. The van der Waals surface area contributed by atoms with Crippen molar-refractivity contribution in [3.63, 3.8) is 0 Å². The second kappa shape index (κ2) is 9.37. The molecule has 4 rings (SSSR count). The molecule has 8 nitrogen and oxygen atoms in total. The maximum atomic E-state index is 13.0. The summed E-state index contributed by atoms with van der Waals surface area (Å²) in [6.45, 7) is 2.08. The van der Waals surface area contributed by atoms with Crippen molar-refractivity contribution in [2.45, 2.75) is 0 Å². The zero-order chi connectivity index (χ0) is 22.5. The van der Waals surface area contributed by atoms with Crippen molar-refractivity contribution in [3.8, 4) is 17.3 Å². The first-order valence-corrected chi connectivity index (χ1v) is 10.1. The standard InChI is InChI=1S/C24H21N5O3/c1-28(19-7-5-17(15-25)20(14-19)21-4-2-3-9-26-21)23(30)18-6-8-22(27-16-18)24(31)29-10-12-32-13-11-29/h2-9,14,16H,10-13H2,1H3. The van der Waals surface area contributed by atoms with E-state index >= 15 is 0 Å². The highest BCUT2D eigenvalue weighted by Crippen LogP contribution is 2.27. The highest BCUT2D eigenvalue weighted by atomic mass is 16.5. The molecular formula is C24H21N5O3. The summed E-state index contributed by atoms with van der Waals surface area (Å²) in [5.74, 6) is -0.452. The molecule has 1 saturated heterocycles. The van der Waals surface area contributed by atoms with Gasteiger partial charge in [-0.15, -0.1) is 0 Å². The number of benzene rings is 1. The van der Waals surface area contributed by atoms with Gasteiger partial charge in [-0.05, 0) is 42.5 Å². The number of ether oxygens (including phenoxy) is 1. The van der Waals surface area contributed by atoms with Crippen LogP contribution in [0.2, 0.25) is 0 Å². The molecule has 2 amide bonds. The molecule has 0 unspecified atom stereocenters. The van der Waals surface area contributed by atoms with Crippen LogP contribution in [0.15, 0.2) is 60.9 Å². The Labute approximate surface area is 185 Å². The number of hydrogen-bond acceptors (Lipinski definition) is 6. The van der Waals surface area contributed by atoms with Gasteiger partial charge in [-0.1, -0.05) is 6.07 Å². The summed E-state index contributed by atoms with van der Waals surface area (Å²) in [6.07, 6.45) is 3.07. The van der Waals surface area contributed by atoms with E-state index in [9.17, 15) is 14.9 Å². The molecule has 0 aliphatic carbocycles. The molecule has 0 saturated carbocycles. The molecule has 1 aromatic carbocycles. The van der Waals surface area contributed by atoms with Gasteiger partial charge in [-0.2, -0.15) is 5.26 Å². The number of rotatable bonds is 4. The van der Waals surface area contributed by atoms with Crippen LogP contribution in [0.25, 0.3) is 11.3 Å². The lowest BCUT2D eigenvalue weighted by atomic mass is 10.0. The summed E-state index contributed by atoms with van der Waals surface area (Å²) in [5.41, 5.74) is 3.04. The summed E-state index contributed by atoms with van der Waals surface area (Å²) < 4.78 is 5.27. The number of nitriles is 1. The Morgan fingerprint density at radius 2 is 1.91 bits per heavy atom. The Kier molecular flexibility index (Phi) is 6.19. The van der Waals surface area contributed by atoms with Crippen LogP contribution < -0.4 is 4.90 Å². The van der Waals surface area contributed by atoms with Crippen LogP contribution >= 0.6 is 0 Å². The zero-order valence-electron chi connectivity index (χ0n) is 17.6. The normalized spacial score (nSPS) is 13.3. The minimum absolute atomic E-state index is 0.173. The van der Waals surface area contributed by atoms with E-state index in [-0.39, 0.29) is 11.8 Å². The highest BCUT2D eigenvalue weighted by molar-refractivity contribution is 6.06. The average Bonchev–Trinajstić information content (AvgIpc) is 2.88. The van der Waals surface area contributed by atoms with Gasteiger partial charge in [0, 0.05) is 43.8 Å². The molecular weight excluding hydrogens is 406 g/mol. The molecule has 1 fully saturated rings. The zero-order valence-corrected chi connectivity index (χ0v) is 17.6. The first kappa shape index (κ1) is 21.2. The molecule has 32 heavy (non-hydrogen) atoms. The van der Waals surface area contributed by atoms with Crippen molar-refractivity contribution in [2.75, 3.05) is 38.3 Å². The van der Waals surface area contributed by atoms with E-state index in [1.54, 1.807) is 54.5 Å². The van der Waals surface area contributed by atoms with E-state index < -0.39 is 0 Å². The molecule has 8 heteroatoms. The number of carbonyl (C=O) groups excluding carboxylic acids is 2. The quantitative estimate of drug-likeness (QED) is 0.635. The Morgan fingerprint density at radius 1 is 1.09 bits per heavy atom. The summed E-state index contributed by atoms with van der Waals surface area (Å²) in [6, 6.07) is 15.9. The van der Waals surface area contributed by atoms with Gasteiger partial charge < -0.3 is 14.5 Å². The van der Waals surface area contributed by atoms with Gasteiger partial charge in [0.2, 0.25) is 0 Å². The van der Waals surface area contributed by atoms with E-state index in [2.05, 4.69) is 16.0 Å². The predicted octanol–water partition coefficient (Wildman–Crippen LogP) is 2.76. The molecule has 3 heterocycles. The Bertz CT molecular complexity index is 1170. The van der Waals surface area contributed by atoms with E-state index in [0.29, 0.717) is 60.1 Å². The lowest BCUT2D eigenvalue weighted by Crippen LogP contribution is -2.41. The van der Waals surface area contributed by atoms with E-state index in [0.717, 1.165) is 0 Å². The first-order valence-electron chi connectivity index (χ1n) is 10.1. The molecule has 3 aromatic rings. The minimum Gasteiger partial charge on any atom is -0.378 e. The second-order valence-electron chi connectivity index (χ2n) is 7.26. The van der Waals surface area contributed by atoms with E-state index in [4.69, 9.17) is 4.74 Å². The summed E-state index contributed by atoms with van der Waals surface area (Å²) in [5, 5.41) is 9.46. The summed E-state index contributed by atoms with van der Waals surface area (Å²) in [4.78, 5) is 37.3. The number of aromatic nitrogens is 2. The first-order chi connectivity index (χ1) is 15.6. The van der Waals surface area contributed by atoms with Crippen LogP contribution in [-0.4, -0.2) is 60.0 Å². The van der Waals surface area contributed by atoms with Crippen molar-refractivity contribution >= 4 is 17.5 Å². The lowest BCUT2D eigenvalue weighted by Gasteiger charge is -2.26. The maximum Gasteiger partial charge on any atom is 0.272 e. The molecule has 0 spiro atoms. The fraction of sp³-hybridized carbons (Fsp3) is 0.208.